The molecule has 0 N–H and O–H groups in total. The minimum atomic E-state index is 0.210. The molecule has 20 heavy (non-hydrogen) atoms. The van der Waals surface area contributed by atoms with E-state index in [9.17, 15) is 4.79 Å². The Morgan fingerprint density at radius 2 is 2.10 bits per heavy atom. The van der Waals surface area contributed by atoms with E-state index in [2.05, 4.69) is 22.4 Å². The predicted molar refractivity (Wildman–Crippen MR) is 78.2 cm³/mol. The second-order valence-corrected chi connectivity index (χ2v) is 5.80. The quantitative estimate of drug-likeness (QED) is 0.838. The second kappa shape index (κ2) is 6.09. The van der Waals surface area contributed by atoms with E-state index in [4.69, 9.17) is 0 Å². The molecule has 1 aromatic heterocycles. The fourth-order valence-corrected chi connectivity index (χ4v) is 3.05. The summed E-state index contributed by atoms with van der Waals surface area (Å²) in [6, 6.07) is 10.5. The van der Waals surface area contributed by atoms with Crippen molar-refractivity contribution >= 4 is 17.7 Å². The van der Waals surface area contributed by atoms with E-state index in [0.29, 0.717) is 11.8 Å². The van der Waals surface area contributed by atoms with Crippen LogP contribution in [0.15, 0.2) is 42.7 Å². The molecule has 1 saturated heterocycles. The van der Waals surface area contributed by atoms with E-state index in [-0.39, 0.29) is 5.91 Å². The number of thioether (sulfide) groups is 1. The van der Waals surface area contributed by atoms with Gasteiger partial charge in [-0.15, -0.1) is 16.9 Å². The van der Waals surface area contributed by atoms with Crippen LogP contribution in [-0.2, 0) is 10.5 Å². The molecule has 0 saturated carbocycles. The van der Waals surface area contributed by atoms with Crippen molar-refractivity contribution in [1.29, 1.82) is 0 Å². The SMILES string of the molecule is O=C(CSCc1ccccc1)N1CC(n2ccnn2)C1. The van der Waals surface area contributed by atoms with Crippen LogP contribution in [0.1, 0.15) is 11.6 Å². The molecular formula is C14H16N4OS. The number of hydrogen-bond donors (Lipinski definition) is 0. The van der Waals surface area contributed by atoms with Crippen LogP contribution in [0.2, 0.25) is 0 Å². The maximum Gasteiger partial charge on any atom is 0.232 e. The van der Waals surface area contributed by atoms with Crippen molar-refractivity contribution in [2.75, 3.05) is 18.8 Å². The van der Waals surface area contributed by atoms with E-state index in [1.54, 1.807) is 18.0 Å². The topological polar surface area (TPSA) is 51.0 Å². The zero-order valence-electron chi connectivity index (χ0n) is 11.1. The number of likely N-dealkylation sites (tertiary alicyclic amines) is 1. The van der Waals surface area contributed by atoms with Crippen LogP contribution in [-0.4, -0.2) is 44.6 Å². The summed E-state index contributed by atoms with van der Waals surface area (Å²) in [4.78, 5) is 13.9. The summed E-state index contributed by atoms with van der Waals surface area (Å²) in [7, 11) is 0. The van der Waals surface area contributed by atoms with Crippen molar-refractivity contribution in [3.8, 4) is 0 Å². The molecule has 5 nitrogen and oxygen atoms in total. The van der Waals surface area contributed by atoms with Gasteiger partial charge in [0.1, 0.15) is 0 Å². The molecule has 6 heteroatoms. The Morgan fingerprint density at radius 3 is 2.80 bits per heavy atom. The molecule has 2 heterocycles. The van der Waals surface area contributed by atoms with Gasteiger partial charge in [-0.25, -0.2) is 4.68 Å². The predicted octanol–water partition coefficient (Wildman–Crippen LogP) is 1.59. The molecule has 0 aliphatic carbocycles. The Bertz CT molecular complexity index is 552. The van der Waals surface area contributed by atoms with Crippen molar-refractivity contribution in [1.82, 2.24) is 19.9 Å². The van der Waals surface area contributed by atoms with Gasteiger partial charge in [0.2, 0.25) is 5.91 Å². The average Bonchev–Trinajstić information content (AvgIpc) is 2.92. The van der Waals surface area contributed by atoms with Crippen LogP contribution in [0.25, 0.3) is 0 Å². The van der Waals surface area contributed by atoms with Gasteiger partial charge in [0.25, 0.3) is 0 Å². The smallest absolute Gasteiger partial charge is 0.232 e. The van der Waals surface area contributed by atoms with Crippen molar-refractivity contribution < 1.29 is 4.79 Å². The van der Waals surface area contributed by atoms with Crippen molar-refractivity contribution in [2.24, 2.45) is 0 Å². The standard InChI is InChI=1S/C14H16N4OS/c19-14(11-20-10-12-4-2-1-3-5-12)17-8-13(9-17)18-7-6-15-16-18/h1-7,13H,8-11H2. The lowest BCUT2D eigenvalue weighted by atomic mass is 10.1. The molecule has 1 aliphatic rings. The van der Waals surface area contributed by atoms with Gasteiger partial charge in [0.05, 0.1) is 18.0 Å². The van der Waals surface area contributed by atoms with E-state index >= 15 is 0 Å². The first-order valence-electron chi connectivity index (χ1n) is 6.58. The number of hydrogen-bond acceptors (Lipinski definition) is 4. The average molecular weight is 288 g/mol. The Morgan fingerprint density at radius 1 is 1.30 bits per heavy atom. The monoisotopic (exact) mass is 288 g/mol. The molecule has 3 rings (SSSR count). The van der Waals surface area contributed by atoms with Gasteiger partial charge in [-0.1, -0.05) is 35.5 Å². The van der Waals surface area contributed by atoms with Crippen LogP contribution in [0, 0.1) is 0 Å². The van der Waals surface area contributed by atoms with Gasteiger partial charge in [-0.2, -0.15) is 0 Å². The van der Waals surface area contributed by atoms with Crippen LogP contribution < -0.4 is 0 Å². The minimum Gasteiger partial charge on any atom is -0.338 e. The van der Waals surface area contributed by atoms with Gasteiger partial charge >= 0.3 is 0 Å². The highest BCUT2D eigenvalue weighted by molar-refractivity contribution is 7.99. The number of carbonyl (C=O) groups is 1. The number of amides is 1. The van der Waals surface area contributed by atoms with Crippen LogP contribution in [0.5, 0.6) is 0 Å². The maximum absolute atomic E-state index is 12.0. The third kappa shape index (κ3) is 3.01. The molecule has 1 aliphatic heterocycles. The summed E-state index contributed by atoms with van der Waals surface area (Å²) in [5.41, 5.74) is 1.26. The highest BCUT2D eigenvalue weighted by Gasteiger charge is 2.31. The molecule has 0 bridgehead atoms. The Kier molecular flexibility index (Phi) is 4.01. The van der Waals surface area contributed by atoms with E-state index in [1.807, 2.05) is 34.0 Å². The summed E-state index contributed by atoms with van der Waals surface area (Å²) in [6.07, 6.45) is 3.51. The highest BCUT2D eigenvalue weighted by Crippen LogP contribution is 2.21. The first-order chi connectivity index (χ1) is 9.83. The lowest BCUT2D eigenvalue weighted by Crippen LogP contribution is -2.51. The normalized spacial score (nSPS) is 15.1. The molecule has 1 amide bonds. The summed E-state index contributed by atoms with van der Waals surface area (Å²) in [6.45, 7) is 1.49. The summed E-state index contributed by atoms with van der Waals surface area (Å²) < 4.78 is 1.82. The highest BCUT2D eigenvalue weighted by atomic mass is 32.2. The van der Waals surface area contributed by atoms with E-state index < -0.39 is 0 Å². The van der Waals surface area contributed by atoms with E-state index in [1.165, 1.54) is 5.56 Å². The van der Waals surface area contributed by atoms with E-state index in [0.717, 1.165) is 18.8 Å². The zero-order valence-corrected chi connectivity index (χ0v) is 11.9. The molecular weight excluding hydrogens is 272 g/mol. The molecule has 1 fully saturated rings. The number of nitrogens with zero attached hydrogens (tertiary/aromatic N) is 4. The van der Waals surface area contributed by atoms with Crippen molar-refractivity contribution in [2.45, 2.75) is 11.8 Å². The Labute approximate surface area is 122 Å². The Balaban J connectivity index is 1.39. The van der Waals surface area contributed by atoms with Gasteiger partial charge < -0.3 is 4.90 Å². The molecule has 2 aromatic rings. The lowest BCUT2D eigenvalue weighted by Gasteiger charge is -2.38. The van der Waals surface area contributed by atoms with Crippen LogP contribution in [0.4, 0.5) is 0 Å². The number of aromatic nitrogens is 3. The second-order valence-electron chi connectivity index (χ2n) is 4.81. The summed E-state index contributed by atoms with van der Waals surface area (Å²) >= 11 is 1.66. The first-order valence-corrected chi connectivity index (χ1v) is 7.73. The van der Waals surface area contributed by atoms with Crippen LogP contribution >= 0.6 is 11.8 Å². The van der Waals surface area contributed by atoms with Crippen LogP contribution in [0.3, 0.4) is 0 Å². The van der Waals surface area contributed by atoms with Gasteiger partial charge in [-0.3, -0.25) is 4.79 Å². The van der Waals surface area contributed by atoms with Gasteiger partial charge in [0.15, 0.2) is 0 Å². The fourth-order valence-electron chi connectivity index (χ4n) is 2.16. The fraction of sp³-hybridized carbons (Fsp3) is 0.357. The third-order valence-electron chi connectivity index (χ3n) is 3.37. The molecule has 0 atom stereocenters. The number of benzene rings is 1. The summed E-state index contributed by atoms with van der Waals surface area (Å²) in [5, 5.41) is 7.74. The largest absolute Gasteiger partial charge is 0.338 e. The first kappa shape index (κ1) is 13.2. The lowest BCUT2D eigenvalue weighted by molar-refractivity contribution is -0.134. The maximum atomic E-state index is 12.0. The molecule has 104 valence electrons. The summed E-state index contributed by atoms with van der Waals surface area (Å²) in [5.74, 6) is 1.63. The molecule has 0 spiro atoms. The van der Waals surface area contributed by atoms with Crippen molar-refractivity contribution in [3.63, 3.8) is 0 Å². The zero-order chi connectivity index (χ0) is 13.8. The minimum absolute atomic E-state index is 0.210. The molecule has 0 radical (unpaired) electrons. The number of carbonyl (C=O) groups excluding carboxylic acids is 1. The van der Waals surface area contributed by atoms with Gasteiger partial charge in [-0.05, 0) is 5.56 Å². The number of rotatable bonds is 5. The third-order valence-corrected chi connectivity index (χ3v) is 4.36. The van der Waals surface area contributed by atoms with Crippen molar-refractivity contribution in [3.05, 3.63) is 48.3 Å². The molecule has 0 unspecified atom stereocenters. The Hall–Kier alpha value is -1.82. The van der Waals surface area contributed by atoms with Gasteiger partial charge in [0, 0.05) is 25.0 Å². The molecule has 1 aromatic carbocycles.